The fourth-order valence-corrected chi connectivity index (χ4v) is 5.16. The van der Waals surface area contributed by atoms with Crippen LogP contribution in [0.5, 0.6) is 0 Å². The third-order valence-electron chi connectivity index (χ3n) is 6.31. The molecular weight excluding hydrogens is 428 g/mol. The van der Waals surface area contributed by atoms with Crippen LogP contribution in [0.4, 0.5) is 0 Å². The molecule has 0 aliphatic carbocycles. The van der Waals surface area contributed by atoms with Crippen molar-refractivity contribution in [3.8, 4) is 0 Å². The van der Waals surface area contributed by atoms with Gasteiger partial charge in [0.1, 0.15) is 48.8 Å². The maximum atomic E-state index is 10.8. The fourth-order valence-electron chi connectivity index (χ4n) is 5.16. The summed E-state index contributed by atoms with van der Waals surface area (Å²) in [5.74, 6) is -2.53. The molecular formula is C21H34O11. The number of ether oxygens (including phenoxy) is 9. The van der Waals surface area contributed by atoms with Crippen molar-refractivity contribution in [2.75, 3.05) is 13.2 Å². The molecule has 0 amide bonds. The van der Waals surface area contributed by atoms with Crippen LogP contribution in [0, 0.1) is 0 Å². The lowest BCUT2D eigenvalue weighted by Crippen LogP contribution is -2.60. The van der Waals surface area contributed by atoms with Crippen LogP contribution in [0.25, 0.3) is 0 Å². The van der Waals surface area contributed by atoms with E-state index in [1.807, 2.05) is 27.7 Å². The van der Waals surface area contributed by atoms with Crippen molar-refractivity contribution < 1.29 is 52.8 Å². The minimum absolute atomic E-state index is 0.0368. The number of fused-ring (bicyclic) bond motifs is 4. The quantitative estimate of drug-likeness (QED) is 0.587. The smallest absolute Gasteiger partial charge is 0.190 e. The number of rotatable bonds is 4. The summed E-state index contributed by atoms with van der Waals surface area (Å²) >= 11 is 0. The Hall–Kier alpha value is -0.440. The van der Waals surface area contributed by atoms with E-state index in [1.54, 1.807) is 13.8 Å². The Labute approximate surface area is 187 Å². The highest BCUT2D eigenvalue weighted by molar-refractivity contribution is 5.01. The van der Waals surface area contributed by atoms with Gasteiger partial charge in [-0.25, -0.2) is 0 Å². The topological polar surface area (TPSA) is 124 Å². The van der Waals surface area contributed by atoms with E-state index in [-0.39, 0.29) is 13.2 Å². The van der Waals surface area contributed by atoms with Crippen LogP contribution in [-0.2, 0) is 42.6 Å². The lowest BCUT2D eigenvalue weighted by Gasteiger charge is -2.41. The maximum absolute atomic E-state index is 10.8. The predicted octanol–water partition coefficient (Wildman–Crippen LogP) is -0.00230. The maximum Gasteiger partial charge on any atom is 0.190 e. The van der Waals surface area contributed by atoms with Gasteiger partial charge in [0.2, 0.25) is 0 Å². The summed E-state index contributed by atoms with van der Waals surface area (Å²) in [6, 6.07) is 0. The summed E-state index contributed by atoms with van der Waals surface area (Å²) in [6.45, 7) is 10.5. The standard InChI is InChI=1S/C21H34O11/c1-19(2)27-12-9(7-22)25-17(11(23)14(12)29-19)24-8-10-13-15(30-20(3,4)28-13)16-18(26-10)32-21(5,6)31-16/h9-18,22-23H,7-8H2,1-6H3/t9-,10-,11-,12+,13+,14-,15+,16-,17-,18-/m1/s1. The highest BCUT2D eigenvalue weighted by atomic mass is 16.9. The first kappa shape index (κ1) is 23.3. The largest absolute Gasteiger partial charge is 0.394 e. The molecule has 0 spiro atoms. The second-order valence-corrected chi connectivity index (χ2v) is 10.3. The average molecular weight is 462 g/mol. The molecule has 11 heteroatoms. The van der Waals surface area contributed by atoms with Crippen molar-refractivity contribution in [3.63, 3.8) is 0 Å². The molecule has 5 rings (SSSR count). The molecule has 0 aromatic heterocycles. The molecule has 5 saturated heterocycles. The van der Waals surface area contributed by atoms with Gasteiger partial charge in [0, 0.05) is 0 Å². The zero-order valence-corrected chi connectivity index (χ0v) is 19.3. The molecule has 5 fully saturated rings. The molecule has 2 N–H and O–H groups in total. The zero-order valence-electron chi connectivity index (χ0n) is 19.3. The SMILES string of the molecule is CC1(C)O[C@H]2[C@@H](O1)[C@@H](CO[C@@H]1O[C@H](CO)[C@@H]3OC(C)(C)O[C@@H]3[C@H]1O)O[C@@H]1OC(C)(C)O[C@@H]12. The number of aliphatic hydroxyl groups excluding tert-OH is 2. The van der Waals surface area contributed by atoms with Crippen molar-refractivity contribution in [1.82, 2.24) is 0 Å². The van der Waals surface area contributed by atoms with Crippen LogP contribution in [0.15, 0.2) is 0 Å². The van der Waals surface area contributed by atoms with E-state index >= 15 is 0 Å². The van der Waals surface area contributed by atoms with E-state index < -0.39 is 78.8 Å². The minimum Gasteiger partial charge on any atom is -0.394 e. The van der Waals surface area contributed by atoms with Gasteiger partial charge < -0.3 is 52.8 Å². The minimum atomic E-state index is -1.11. The Morgan fingerprint density at radius 3 is 1.84 bits per heavy atom. The van der Waals surface area contributed by atoms with Crippen LogP contribution < -0.4 is 0 Å². The van der Waals surface area contributed by atoms with Gasteiger partial charge in [0.05, 0.1) is 13.2 Å². The molecule has 32 heavy (non-hydrogen) atoms. The molecule has 10 atom stereocenters. The van der Waals surface area contributed by atoms with Crippen molar-refractivity contribution in [3.05, 3.63) is 0 Å². The van der Waals surface area contributed by atoms with Crippen molar-refractivity contribution in [1.29, 1.82) is 0 Å². The zero-order chi connectivity index (χ0) is 23.1. The summed E-state index contributed by atoms with van der Waals surface area (Å²) in [5.41, 5.74) is 0. The van der Waals surface area contributed by atoms with Crippen LogP contribution in [-0.4, -0.2) is 102 Å². The van der Waals surface area contributed by atoms with Gasteiger partial charge in [0.15, 0.2) is 29.9 Å². The molecule has 0 saturated carbocycles. The number of hydrogen-bond acceptors (Lipinski definition) is 11. The summed E-state index contributed by atoms with van der Waals surface area (Å²) in [4.78, 5) is 0. The van der Waals surface area contributed by atoms with Gasteiger partial charge >= 0.3 is 0 Å². The monoisotopic (exact) mass is 462 g/mol. The fraction of sp³-hybridized carbons (Fsp3) is 1.00. The summed E-state index contributed by atoms with van der Waals surface area (Å²) in [7, 11) is 0. The highest BCUT2D eigenvalue weighted by Crippen LogP contribution is 2.44. The Morgan fingerprint density at radius 1 is 0.656 bits per heavy atom. The molecule has 0 radical (unpaired) electrons. The molecule has 0 bridgehead atoms. The Balaban J connectivity index is 1.29. The van der Waals surface area contributed by atoms with Gasteiger partial charge in [0.25, 0.3) is 0 Å². The van der Waals surface area contributed by atoms with Crippen LogP contribution in [0.2, 0.25) is 0 Å². The van der Waals surface area contributed by atoms with E-state index in [2.05, 4.69) is 0 Å². The van der Waals surface area contributed by atoms with Gasteiger partial charge in [-0.1, -0.05) is 0 Å². The van der Waals surface area contributed by atoms with E-state index in [0.29, 0.717) is 0 Å². The summed E-state index contributed by atoms with van der Waals surface area (Å²) in [5, 5.41) is 20.6. The van der Waals surface area contributed by atoms with Gasteiger partial charge in [-0.3, -0.25) is 0 Å². The van der Waals surface area contributed by atoms with E-state index in [9.17, 15) is 10.2 Å². The van der Waals surface area contributed by atoms with Gasteiger partial charge in [-0.05, 0) is 41.5 Å². The van der Waals surface area contributed by atoms with Crippen molar-refractivity contribution in [2.24, 2.45) is 0 Å². The Kier molecular flexibility index (Phi) is 5.67. The second kappa shape index (κ2) is 7.79. The third kappa shape index (κ3) is 4.11. The summed E-state index contributed by atoms with van der Waals surface area (Å²) in [6.07, 6.45) is -6.64. The molecule has 0 unspecified atom stereocenters. The Morgan fingerprint density at radius 2 is 1.19 bits per heavy atom. The van der Waals surface area contributed by atoms with Crippen molar-refractivity contribution in [2.45, 2.75) is 120 Å². The average Bonchev–Trinajstić information content (AvgIpc) is 3.29. The third-order valence-corrected chi connectivity index (χ3v) is 6.31. The molecule has 0 aromatic carbocycles. The van der Waals surface area contributed by atoms with Gasteiger partial charge in [-0.15, -0.1) is 0 Å². The lowest BCUT2D eigenvalue weighted by atomic mass is 9.98. The van der Waals surface area contributed by atoms with E-state index in [1.165, 1.54) is 0 Å². The first-order valence-corrected chi connectivity index (χ1v) is 11.2. The first-order chi connectivity index (χ1) is 14.9. The summed E-state index contributed by atoms with van der Waals surface area (Å²) < 4.78 is 53.6. The molecule has 5 heterocycles. The molecule has 11 nitrogen and oxygen atoms in total. The van der Waals surface area contributed by atoms with Crippen LogP contribution in [0.3, 0.4) is 0 Å². The molecule has 0 aromatic rings. The van der Waals surface area contributed by atoms with E-state index in [4.69, 9.17) is 42.6 Å². The van der Waals surface area contributed by atoms with Crippen LogP contribution in [0.1, 0.15) is 41.5 Å². The lowest BCUT2D eigenvalue weighted by molar-refractivity contribution is -0.302. The molecule has 5 aliphatic rings. The highest BCUT2D eigenvalue weighted by Gasteiger charge is 2.61. The second-order valence-electron chi connectivity index (χ2n) is 10.3. The van der Waals surface area contributed by atoms with Crippen molar-refractivity contribution >= 4 is 0 Å². The van der Waals surface area contributed by atoms with Crippen LogP contribution >= 0.6 is 0 Å². The Bertz CT molecular complexity index is 712. The number of aliphatic hydroxyl groups is 2. The van der Waals surface area contributed by atoms with Gasteiger partial charge in [-0.2, -0.15) is 0 Å². The first-order valence-electron chi connectivity index (χ1n) is 11.2. The molecule has 5 aliphatic heterocycles. The predicted molar refractivity (Wildman–Crippen MR) is 104 cm³/mol. The normalized spacial score (nSPS) is 50.6. The molecule has 184 valence electrons. The number of hydrogen-bond donors (Lipinski definition) is 2. The van der Waals surface area contributed by atoms with E-state index in [0.717, 1.165) is 0 Å².